The molecule has 1 heterocycles. The molecule has 3 nitrogen and oxygen atoms in total. The predicted molar refractivity (Wildman–Crippen MR) is 53.2 cm³/mol. The molecule has 0 saturated heterocycles. The molecule has 5 heteroatoms. The van der Waals surface area contributed by atoms with E-state index in [2.05, 4.69) is 15.3 Å². The van der Waals surface area contributed by atoms with Crippen molar-refractivity contribution >= 4 is 17.4 Å². The van der Waals surface area contributed by atoms with Crippen molar-refractivity contribution in [3.8, 4) is 0 Å². The Morgan fingerprint density at radius 2 is 2.36 bits per heavy atom. The number of rotatable bonds is 2. The van der Waals surface area contributed by atoms with E-state index in [1.54, 1.807) is 12.3 Å². The highest BCUT2D eigenvalue weighted by Gasteiger charge is 2.24. The third-order valence-electron chi connectivity index (χ3n) is 2.35. The van der Waals surface area contributed by atoms with Gasteiger partial charge in [0.2, 0.25) is 5.28 Å². The number of hydrogen-bond donors (Lipinski definition) is 1. The van der Waals surface area contributed by atoms with Crippen molar-refractivity contribution in [3.05, 3.63) is 17.5 Å². The maximum Gasteiger partial charge on any atom is 0.224 e. The van der Waals surface area contributed by atoms with Crippen LogP contribution in [-0.2, 0) is 0 Å². The highest BCUT2D eigenvalue weighted by molar-refractivity contribution is 6.28. The smallest absolute Gasteiger partial charge is 0.224 e. The first-order chi connectivity index (χ1) is 6.74. The summed E-state index contributed by atoms with van der Waals surface area (Å²) >= 11 is 5.62. The van der Waals surface area contributed by atoms with E-state index in [0.717, 1.165) is 6.42 Å². The molecule has 0 bridgehead atoms. The van der Waals surface area contributed by atoms with Gasteiger partial charge in [0, 0.05) is 12.2 Å². The molecule has 0 radical (unpaired) electrons. The Morgan fingerprint density at radius 3 is 3.00 bits per heavy atom. The van der Waals surface area contributed by atoms with Crippen molar-refractivity contribution in [2.45, 2.75) is 31.5 Å². The number of hydrogen-bond acceptors (Lipinski definition) is 3. The Morgan fingerprint density at radius 1 is 1.50 bits per heavy atom. The molecular weight excluding hydrogens is 205 g/mol. The zero-order chi connectivity index (χ0) is 9.97. The van der Waals surface area contributed by atoms with Crippen LogP contribution in [0.3, 0.4) is 0 Å². The molecule has 76 valence electrons. The summed E-state index contributed by atoms with van der Waals surface area (Å²) in [6, 6.07) is 1.91. The van der Waals surface area contributed by atoms with Crippen LogP contribution < -0.4 is 5.32 Å². The van der Waals surface area contributed by atoms with Crippen molar-refractivity contribution in [1.29, 1.82) is 0 Å². The van der Waals surface area contributed by atoms with Gasteiger partial charge in [0.05, 0.1) is 0 Å². The summed E-state index contributed by atoms with van der Waals surface area (Å²) in [5.74, 6) is 0.670. The van der Waals surface area contributed by atoms with E-state index < -0.39 is 6.17 Å². The van der Waals surface area contributed by atoms with Gasteiger partial charge in [0.1, 0.15) is 12.0 Å². The largest absolute Gasteiger partial charge is 0.367 e. The molecule has 1 aliphatic carbocycles. The van der Waals surface area contributed by atoms with E-state index in [0.29, 0.717) is 18.7 Å². The average Bonchev–Trinajstić information content (AvgIpc) is 2.51. The molecule has 1 N–H and O–H groups in total. The van der Waals surface area contributed by atoms with Gasteiger partial charge in [-0.1, -0.05) is 0 Å². The predicted octanol–water partition coefficient (Wildman–Crippen LogP) is 2.43. The van der Waals surface area contributed by atoms with E-state index in [1.807, 2.05) is 0 Å². The van der Waals surface area contributed by atoms with Gasteiger partial charge in [-0.2, -0.15) is 0 Å². The highest BCUT2D eigenvalue weighted by Crippen LogP contribution is 2.24. The number of alkyl halides is 1. The van der Waals surface area contributed by atoms with E-state index in [4.69, 9.17) is 11.6 Å². The lowest BCUT2D eigenvalue weighted by molar-refractivity contribution is 0.341. The molecule has 0 aromatic carbocycles. The van der Waals surface area contributed by atoms with Crippen LogP contribution in [-0.4, -0.2) is 22.2 Å². The molecule has 0 spiro atoms. The fourth-order valence-corrected chi connectivity index (χ4v) is 1.83. The second-order valence-corrected chi connectivity index (χ2v) is 3.80. The van der Waals surface area contributed by atoms with E-state index >= 15 is 0 Å². The van der Waals surface area contributed by atoms with E-state index in [9.17, 15) is 4.39 Å². The second-order valence-electron chi connectivity index (χ2n) is 3.46. The van der Waals surface area contributed by atoms with Gasteiger partial charge in [-0.05, 0) is 36.9 Å². The number of nitrogens with zero attached hydrogens (tertiary/aromatic N) is 2. The second kappa shape index (κ2) is 4.09. The fraction of sp³-hybridized carbons (Fsp3) is 0.556. The Labute approximate surface area is 86.7 Å². The molecule has 14 heavy (non-hydrogen) atoms. The maximum atomic E-state index is 12.9. The average molecular weight is 216 g/mol. The van der Waals surface area contributed by atoms with Gasteiger partial charge in [0.15, 0.2) is 0 Å². The van der Waals surface area contributed by atoms with Gasteiger partial charge in [0.25, 0.3) is 0 Å². The topological polar surface area (TPSA) is 37.8 Å². The van der Waals surface area contributed by atoms with Crippen LogP contribution in [0, 0.1) is 0 Å². The molecule has 1 aliphatic rings. The minimum Gasteiger partial charge on any atom is -0.367 e. The van der Waals surface area contributed by atoms with Crippen LogP contribution in [0.25, 0.3) is 0 Å². The van der Waals surface area contributed by atoms with Crippen LogP contribution in [0.4, 0.5) is 10.2 Å². The number of anilines is 1. The summed E-state index contributed by atoms with van der Waals surface area (Å²) in [5.41, 5.74) is 0. The lowest BCUT2D eigenvalue weighted by atomic mass is 10.2. The summed E-state index contributed by atoms with van der Waals surface area (Å²) in [6.07, 6.45) is 2.95. The fourth-order valence-electron chi connectivity index (χ4n) is 1.68. The minimum absolute atomic E-state index is 0.177. The molecule has 0 aliphatic heterocycles. The molecule has 2 atom stereocenters. The number of nitrogens with one attached hydrogen (secondary N) is 1. The maximum absolute atomic E-state index is 12.9. The van der Waals surface area contributed by atoms with Gasteiger partial charge >= 0.3 is 0 Å². The Hall–Kier alpha value is -0.900. The van der Waals surface area contributed by atoms with Crippen LogP contribution in [0.2, 0.25) is 5.28 Å². The first kappa shape index (κ1) is 9.65. The molecule has 1 aromatic rings. The molecule has 1 aromatic heterocycles. The van der Waals surface area contributed by atoms with Crippen molar-refractivity contribution in [1.82, 2.24) is 9.97 Å². The van der Waals surface area contributed by atoms with E-state index in [-0.39, 0.29) is 11.3 Å². The Kier molecular flexibility index (Phi) is 2.82. The lowest BCUT2D eigenvalue weighted by Gasteiger charge is -2.11. The van der Waals surface area contributed by atoms with Crippen LogP contribution in [0.15, 0.2) is 12.3 Å². The minimum atomic E-state index is -0.676. The molecule has 2 rings (SSSR count). The van der Waals surface area contributed by atoms with Gasteiger partial charge < -0.3 is 5.32 Å². The van der Waals surface area contributed by atoms with Gasteiger partial charge in [-0.15, -0.1) is 0 Å². The summed E-state index contributed by atoms with van der Waals surface area (Å²) < 4.78 is 12.9. The normalized spacial score (nSPS) is 26.4. The lowest BCUT2D eigenvalue weighted by Crippen LogP contribution is -2.16. The SMILES string of the molecule is FC1CCC(Nc2ccnc(Cl)n2)C1. The van der Waals surface area contributed by atoms with Crippen molar-refractivity contribution in [3.63, 3.8) is 0 Å². The van der Waals surface area contributed by atoms with E-state index in [1.165, 1.54) is 0 Å². The monoisotopic (exact) mass is 215 g/mol. The molecular formula is C9H11ClFN3. The van der Waals surface area contributed by atoms with Crippen LogP contribution >= 0.6 is 11.6 Å². The summed E-state index contributed by atoms with van der Waals surface area (Å²) in [4.78, 5) is 7.75. The molecule has 1 fully saturated rings. The van der Waals surface area contributed by atoms with Crippen molar-refractivity contribution < 1.29 is 4.39 Å². The first-order valence-corrected chi connectivity index (χ1v) is 5.01. The van der Waals surface area contributed by atoms with Crippen LogP contribution in [0.1, 0.15) is 19.3 Å². The molecule has 0 amide bonds. The number of aromatic nitrogens is 2. The van der Waals surface area contributed by atoms with Gasteiger partial charge in [-0.25, -0.2) is 14.4 Å². The third-order valence-corrected chi connectivity index (χ3v) is 2.53. The van der Waals surface area contributed by atoms with Crippen LogP contribution in [0.5, 0.6) is 0 Å². The molecule has 2 unspecified atom stereocenters. The highest BCUT2D eigenvalue weighted by atomic mass is 35.5. The quantitative estimate of drug-likeness (QED) is 0.770. The van der Waals surface area contributed by atoms with Crippen molar-refractivity contribution in [2.75, 3.05) is 5.32 Å². The first-order valence-electron chi connectivity index (χ1n) is 4.63. The third kappa shape index (κ3) is 2.32. The summed E-state index contributed by atoms with van der Waals surface area (Å²) in [6.45, 7) is 0. The summed E-state index contributed by atoms with van der Waals surface area (Å²) in [7, 11) is 0. The zero-order valence-corrected chi connectivity index (χ0v) is 8.34. The standard InChI is InChI=1S/C9H11ClFN3/c10-9-12-4-3-8(14-9)13-7-2-1-6(11)5-7/h3-4,6-7H,1-2,5H2,(H,12,13,14). The Bertz CT molecular complexity index is 321. The van der Waals surface area contributed by atoms with Gasteiger partial charge in [-0.3, -0.25) is 0 Å². The molecule has 1 saturated carbocycles. The van der Waals surface area contributed by atoms with Crippen molar-refractivity contribution in [2.24, 2.45) is 0 Å². The number of halogens is 2. The zero-order valence-electron chi connectivity index (χ0n) is 7.58. The summed E-state index contributed by atoms with van der Waals surface area (Å²) in [5, 5.41) is 3.35. The Balaban J connectivity index is 1.97.